The molecule has 26 heavy (non-hydrogen) atoms. The van der Waals surface area contributed by atoms with E-state index in [1.165, 1.54) is 23.9 Å². The van der Waals surface area contributed by atoms with Gasteiger partial charge in [-0.3, -0.25) is 14.9 Å². The molecule has 0 radical (unpaired) electrons. The normalized spacial score (nSPS) is 10.3. The Hall–Kier alpha value is -3.26. The number of nitro groups is 1. The Bertz CT molecular complexity index is 917. The van der Waals surface area contributed by atoms with E-state index < -0.39 is 4.92 Å². The number of carbonyl (C=O) groups excluding carboxylic acids is 1. The molecular formula is C18H14N4O3S. The molecule has 0 unspecified atom stereocenters. The molecule has 1 heterocycles. The summed E-state index contributed by atoms with van der Waals surface area (Å²) in [4.78, 5) is 22.5. The van der Waals surface area contributed by atoms with Crippen molar-refractivity contribution in [3.63, 3.8) is 0 Å². The fraction of sp³-hybridized carbons (Fsp3) is 0.0556. The number of para-hydroxylation sites is 2. The quantitative estimate of drug-likeness (QED) is 0.405. The molecule has 0 spiro atoms. The van der Waals surface area contributed by atoms with E-state index in [0.717, 1.165) is 11.3 Å². The molecule has 0 atom stereocenters. The average Bonchev–Trinajstić information content (AvgIpc) is 2.68. The standard InChI is InChI=1S/C18H14N4O3S/c23-17(19-15-8-4-5-9-16(15)22(24)25)12-26-18-11-10-14(20-21-18)13-6-2-1-3-7-13/h1-11H,12H2,(H,19,23). The topological polar surface area (TPSA) is 98.0 Å². The molecule has 1 N–H and O–H groups in total. The van der Waals surface area contributed by atoms with Crippen LogP contribution in [0.4, 0.5) is 11.4 Å². The number of thioether (sulfide) groups is 1. The van der Waals surface area contributed by atoms with E-state index >= 15 is 0 Å². The van der Waals surface area contributed by atoms with Crippen LogP contribution in [0.2, 0.25) is 0 Å². The van der Waals surface area contributed by atoms with Gasteiger partial charge in [-0.25, -0.2) is 0 Å². The Kier molecular flexibility index (Phi) is 5.55. The molecule has 0 aliphatic heterocycles. The largest absolute Gasteiger partial charge is 0.320 e. The van der Waals surface area contributed by atoms with Gasteiger partial charge in [0.2, 0.25) is 5.91 Å². The Morgan fingerprint density at radius 3 is 2.42 bits per heavy atom. The Balaban J connectivity index is 1.59. The maximum atomic E-state index is 12.0. The van der Waals surface area contributed by atoms with Gasteiger partial charge in [0.25, 0.3) is 5.69 Å². The molecule has 0 saturated heterocycles. The number of nitrogens with zero attached hydrogens (tertiary/aromatic N) is 3. The van der Waals surface area contributed by atoms with Gasteiger partial charge in [-0.05, 0) is 18.2 Å². The van der Waals surface area contributed by atoms with E-state index in [1.807, 2.05) is 36.4 Å². The number of rotatable bonds is 6. The monoisotopic (exact) mass is 366 g/mol. The minimum Gasteiger partial charge on any atom is -0.320 e. The zero-order valence-corrected chi connectivity index (χ0v) is 14.3. The van der Waals surface area contributed by atoms with Gasteiger partial charge in [-0.15, -0.1) is 10.2 Å². The van der Waals surface area contributed by atoms with Gasteiger partial charge in [0.15, 0.2) is 0 Å². The third kappa shape index (κ3) is 4.42. The lowest BCUT2D eigenvalue weighted by Gasteiger charge is -2.05. The average molecular weight is 366 g/mol. The highest BCUT2D eigenvalue weighted by atomic mass is 32.2. The first kappa shape index (κ1) is 17.6. The highest BCUT2D eigenvalue weighted by Gasteiger charge is 2.15. The fourth-order valence-corrected chi connectivity index (χ4v) is 2.84. The van der Waals surface area contributed by atoms with Crippen molar-refractivity contribution in [1.82, 2.24) is 10.2 Å². The molecule has 3 rings (SSSR count). The fourth-order valence-electron chi connectivity index (χ4n) is 2.22. The number of anilines is 1. The molecule has 3 aromatic rings. The molecule has 130 valence electrons. The number of nitro benzene ring substituents is 1. The van der Waals surface area contributed by atoms with Crippen molar-refractivity contribution in [2.45, 2.75) is 5.03 Å². The van der Waals surface area contributed by atoms with Crippen LogP contribution in [0.5, 0.6) is 0 Å². The Labute approximate surface area is 153 Å². The minimum absolute atomic E-state index is 0.0748. The molecular weight excluding hydrogens is 352 g/mol. The molecule has 1 amide bonds. The minimum atomic E-state index is -0.531. The van der Waals surface area contributed by atoms with Gasteiger partial charge in [-0.2, -0.15) is 0 Å². The van der Waals surface area contributed by atoms with Crippen LogP contribution in [0, 0.1) is 10.1 Å². The zero-order chi connectivity index (χ0) is 18.4. The highest BCUT2D eigenvalue weighted by molar-refractivity contribution is 7.99. The summed E-state index contributed by atoms with van der Waals surface area (Å²) in [5.41, 5.74) is 1.75. The van der Waals surface area contributed by atoms with Crippen LogP contribution in [-0.4, -0.2) is 26.8 Å². The predicted octanol–water partition coefficient (Wildman–Crippen LogP) is 3.78. The van der Waals surface area contributed by atoms with Gasteiger partial charge in [0.05, 0.1) is 16.4 Å². The van der Waals surface area contributed by atoms with Crippen LogP contribution in [0.1, 0.15) is 0 Å². The molecule has 7 nitrogen and oxygen atoms in total. The number of amides is 1. The van der Waals surface area contributed by atoms with Crippen LogP contribution in [0.3, 0.4) is 0 Å². The van der Waals surface area contributed by atoms with E-state index in [9.17, 15) is 14.9 Å². The van der Waals surface area contributed by atoms with Crippen molar-refractivity contribution in [1.29, 1.82) is 0 Å². The molecule has 0 bridgehead atoms. The second-order valence-corrected chi connectivity index (χ2v) is 6.23. The summed E-state index contributed by atoms with van der Waals surface area (Å²) in [7, 11) is 0. The van der Waals surface area contributed by atoms with Crippen molar-refractivity contribution in [3.05, 3.63) is 76.8 Å². The van der Waals surface area contributed by atoms with E-state index in [1.54, 1.807) is 18.2 Å². The van der Waals surface area contributed by atoms with Crippen LogP contribution in [-0.2, 0) is 4.79 Å². The Morgan fingerprint density at radius 1 is 1.00 bits per heavy atom. The molecule has 0 fully saturated rings. The first-order valence-corrected chi connectivity index (χ1v) is 8.67. The summed E-state index contributed by atoms with van der Waals surface area (Å²) in [6.45, 7) is 0. The van der Waals surface area contributed by atoms with Gasteiger partial charge in [0.1, 0.15) is 10.7 Å². The van der Waals surface area contributed by atoms with Gasteiger partial charge < -0.3 is 5.32 Å². The van der Waals surface area contributed by atoms with Crippen LogP contribution in [0.25, 0.3) is 11.3 Å². The zero-order valence-electron chi connectivity index (χ0n) is 13.5. The number of aromatic nitrogens is 2. The lowest BCUT2D eigenvalue weighted by atomic mass is 10.1. The van der Waals surface area contributed by atoms with Gasteiger partial charge in [0, 0.05) is 11.6 Å². The van der Waals surface area contributed by atoms with Crippen LogP contribution < -0.4 is 5.32 Å². The first-order valence-electron chi connectivity index (χ1n) is 7.69. The summed E-state index contributed by atoms with van der Waals surface area (Å²) in [5, 5.41) is 22.4. The summed E-state index contributed by atoms with van der Waals surface area (Å²) in [6.07, 6.45) is 0. The van der Waals surface area contributed by atoms with E-state index in [0.29, 0.717) is 5.03 Å². The molecule has 1 aromatic heterocycles. The van der Waals surface area contributed by atoms with Gasteiger partial charge in [-0.1, -0.05) is 54.2 Å². The summed E-state index contributed by atoms with van der Waals surface area (Å²) in [6, 6.07) is 19.3. The summed E-state index contributed by atoms with van der Waals surface area (Å²) >= 11 is 1.21. The summed E-state index contributed by atoms with van der Waals surface area (Å²) < 4.78 is 0. The summed E-state index contributed by atoms with van der Waals surface area (Å²) in [5.74, 6) is -0.274. The van der Waals surface area contributed by atoms with Crippen molar-refractivity contribution >= 4 is 29.0 Å². The molecule has 0 aliphatic carbocycles. The predicted molar refractivity (Wildman–Crippen MR) is 99.9 cm³/mol. The number of hydrogen-bond acceptors (Lipinski definition) is 6. The first-order chi connectivity index (χ1) is 12.6. The second-order valence-electron chi connectivity index (χ2n) is 5.23. The third-order valence-corrected chi connectivity index (χ3v) is 4.36. The second kappa shape index (κ2) is 8.21. The van der Waals surface area contributed by atoms with Crippen LogP contribution in [0.15, 0.2) is 71.8 Å². The van der Waals surface area contributed by atoms with E-state index in [2.05, 4.69) is 15.5 Å². The lowest BCUT2D eigenvalue weighted by Crippen LogP contribution is -2.15. The molecule has 0 aliphatic rings. The van der Waals surface area contributed by atoms with Crippen molar-refractivity contribution in [3.8, 4) is 11.3 Å². The lowest BCUT2D eigenvalue weighted by molar-refractivity contribution is -0.383. The third-order valence-electron chi connectivity index (χ3n) is 3.44. The number of benzene rings is 2. The smallest absolute Gasteiger partial charge is 0.292 e. The van der Waals surface area contributed by atoms with Crippen molar-refractivity contribution in [2.75, 3.05) is 11.1 Å². The maximum Gasteiger partial charge on any atom is 0.292 e. The SMILES string of the molecule is O=C(CSc1ccc(-c2ccccc2)nn1)Nc1ccccc1[N+](=O)[O-]. The molecule has 0 saturated carbocycles. The van der Waals surface area contributed by atoms with Crippen molar-refractivity contribution in [2.24, 2.45) is 0 Å². The number of carbonyl (C=O) groups is 1. The van der Waals surface area contributed by atoms with E-state index in [4.69, 9.17) is 0 Å². The Morgan fingerprint density at radius 2 is 1.73 bits per heavy atom. The van der Waals surface area contributed by atoms with E-state index in [-0.39, 0.29) is 23.0 Å². The molecule has 2 aromatic carbocycles. The molecule has 8 heteroatoms. The highest BCUT2D eigenvalue weighted by Crippen LogP contribution is 2.24. The number of hydrogen-bond donors (Lipinski definition) is 1. The maximum absolute atomic E-state index is 12.0. The van der Waals surface area contributed by atoms with Crippen molar-refractivity contribution < 1.29 is 9.72 Å². The van der Waals surface area contributed by atoms with Gasteiger partial charge >= 0.3 is 0 Å². The number of nitrogens with one attached hydrogen (secondary N) is 1. The van der Waals surface area contributed by atoms with Crippen LogP contribution >= 0.6 is 11.8 Å².